The van der Waals surface area contributed by atoms with E-state index in [0.717, 1.165) is 12.2 Å². The zero-order valence-corrected chi connectivity index (χ0v) is 11.5. The monoisotopic (exact) mass is 267 g/mol. The molecule has 0 saturated carbocycles. The van der Waals surface area contributed by atoms with E-state index in [1.807, 2.05) is 30.3 Å². The van der Waals surface area contributed by atoms with Gasteiger partial charge in [0.25, 0.3) is 0 Å². The van der Waals surface area contributed by atoms with Gasteiger partial charge in [-0.1, -0.05) is 31.2 Å². The van der Waals surface area contributed by atoms with Crippen molar-refractivity contribution in [2.75, 3.05) is 13.2 Å². The Morgan fingerprint density at radius 3 is 2.60 bits per heavy atom. The number of nitriles is 1. The van der Waals surface area contributed by atoms with Gasteiger partial charge in [0, 0.05) is 0 Å². The van der Waals surface area contributed by atoms with Crippen molar-refractivity contribution in [3.05, 3.63) is 59.7 Å². The molecule has 0 heterocycles. The second-order valence-corrected chi connectivity index (χ2v) is 4.31. The van der Waals surface area contributed by atoms with Gasteiger partial charge in [-0.25, -0.2) is 0 Å². The fourth-order valence-electron chi connectivity index (χ4n) is 1.85. The number of ether oxygens (including phenoxy) is 2. The molecule has 0 saturated heterocycles. The SMILES string of the molecule is CCc1cccc(OCCOc2ccccc2C#N)c1. The molecule has 0 aromatic heterocycles. The summed E-state index contributed by atoms with van der Waals surface area (Å²) in [5.74, 6) is 1.45. The molecule has 0 amide bonds. The van der Waals surface area contributed by atoms with E-state index in [4.69, 9.17) is 14.7 Å². The highest BCUT2D eigenvalue weighted by Crippen LogP contribution is 2.17. The maximum atomic E-state index is 8.95. The molecule has 20 heavy (non-hydrogen) atoms. The predicted octanol–water partition coefficient (Wildman–Crippen LogP) is 3.58. The van der Waals surface area contributed by atoms with Crippen LogP contribution in [0.1, 0.15) is 18.1 Å². The predicted molar refractivity (Wildman–Crippen MR) is 78.0 cm³/mol. The first-order chi connectivity index (χ1) is 9.83. The molecule has 2 aromatic rings. The molecule has 0 spiro atoms. The van der Waals surface area contributed by atoms with Gasteiger partial charge in [0.2, 0.25) is 0 Å². The summed E-state index contributed by atoms with van der Waals surface area (Å²) in [6, 6.07) is 17.3. The fourth-order valence-corrected chi connectivity index (χ4v) is 1.85. The van der Waals surface area contributed by atoms with Gasteiger partial charge < -0.3 is 9.47 Å². The van der Waals surface area contributed by atoms with Crippen LogP contribution in [0, 0.1) is 11.3 Å². The lowest BCUT2D eigenvalue weighted by molar-refractivity contribution is 0.216. The topological polar surface area (TPSA) is 42.2 Å². The molecular weight excluding hydrogens is 250 g/mol. The number of nitrogens with zero attached hydrogens (tertiary/aromatic N) is 1. The largest absolute Gasteiger partial charge is 0.490 e. The van der Waals surface area contributed by atoms with Crippen molar-refractivity contribution < 1.29 is 9.47 Å². The van der Waals surface area contributed by atoms with E-state index >= 15 is 0 Å². The number of hydrogen-bond acceptors (Lipinski definition) is 3. The smallest absolute Gasteiger partial charge is 0.137 e. The quantitative estimate of drug-likeness (QED) is 0.751. The Hall–Kier alpha value is -2.47. The third-order valence-electron chi connectivity index (χ3n) is 2.92. The van der Waals surface area contributed by atoms with Crippen molar-refractivity contribution in [1.82, 2.24) is 0 Å². The van der Waals surface area contributed by atoms with Crippen LogP contribution in [0.15, 0.2) is 48.5 Å². The first-order valence-corrected chi connectivity index (χ1v) is 6.67. The molecule has 0 fully saturated rings. The second-order valence-electron chi connectivity index (χ2n) is 4.31. The summed E-state index contributed by atoms with van der Waals surface area (Å²) in [5.41, 5.74) is 1.79. The third-order valence-corrected chi connectivity index (χ3v) is 2.92. The van der Waals surface area contributed by atoms with Crippen LogP contribution < -0.4 is 9.47 Å². The van der Waals surface area contributed by atoms with Crippen LogP contribution in [0.2, 0.25) is 0 Å². The Labute approximate surface area is 119 Å². The van der Waals surface area contributed by atoms with E-state index in [0.29, 0.717) is 24.5 Å². The van der Waals surface area contributed by atoms with Gasteiger partial charge in [-0.3, -0.25) is 0 Å². The summed E-state index contributed by atoms with van der Waals surface area (Å²) in [6.07, 6.45) is 0.989. The van der Waals surface area contributed by atoms with Crippen LogP contribution >= 0.6 is 0 Å². The van der Waals surface area contributed by atoms with Crippen molar-refractivity contribution in [2.45, 2.75) is 13.3 Å². The van der Waals surface area contributed by atoms with E-state index in [9.17, 15) is 0 Å². The molecule has 2 rings (SSSR count). The molecule has 0 aliphatic rings. The van der Waals surface area contributed by atoms with Gasteiger partial charge in [0.05, 0.1) is 5.56 Å². The van der Waals surface area contributed by atoms with Crippen LogP contribution in [-0.4, -0.2) is 13.2 Å². The van der Waals surface area contributed by atoms with Crippen molar-refractivity contribution in [3.8, 4) is 17.6 Å². The Bertz CT molecular complexity index is 602. The summed E-state index contributed by atoms with van der Waals surface area (Å²) < 4.78 is 11.2. The molecule has 0 aliphatic carbocycles. The Balaban J connectivity index is 1.83. The van der Waals surface area contributed by atoms with E-state index < -0.39 is 0 Å². The van der Waals surface area contributed by atoms with E-state index in [1.54, 1.807) is 12.1 Å². The van der Waals surface area contributed by atoms with Crippen molar-refractivity contribution in [3.63, 3.8) is 0 Å². The van der Waals surface area contributed by atoms with Gasteiger partial charge in [0.1, 0.15) is 30.8 Å². The standard InChI is InChI=1S/C17H17NO2/c1-2-14-6-5-8-16(12-14)19-10-11-20-17-9-4-3-7-15(17)13-18/h3-9,12H,2,10-11H2,1H3. The molecule has 3 heteroatoms. The Morgan fingerprint density at radius 1 is 1.00 bits per heavy atom. The summed E-state index contributed by atoms with van der Waals surface area (Å²) in [4.78, 5) is 0. The maximum Gasteiger partial charge on any atom is 0.137 e. The van der Waals surface area contributed by atoms with Gasteiger partial charge in [0.15, 0.2) is 0 Å². The summed E-state index contributed by atoms with van der Waals surface area (Å²) in [7, 11) is 0. The van der Waals surface area contributed by atoms with E-state index in [2.05, 4.69) is 19.1 Å². The summed E-state index contributed by atoms with van der Waals surface area (Å²) in [6.45, 7) is 2.98. The normalized spacial score (nSPS) is 9.80. The lowest BCUT2D eigenvalue weighted by atomic mass is 10.2. The maximum absolute atomic E-state index is 8.95. The minimum absolute atomic E-state index is 0.412. The average molecular weight is 267 g/mol. The van der Waals surface area contributed by atoms with Crippen LogP contribution in [0.5, 0.6) is 11.5 Å². The van der Waals surface area contributed by atoms with E-state index in [1.165, 1.54) is 5.56 Å². The Kier molecular flexibility index (Phi) is 5.02. The molecule has 0 aliphatic heterocycles. The second kappa shape index (κ2) is 7.20. The van der Waals surface area contributed by atoms with Crippen LogP contribution in [-0.2, 0) is 6.42 Å². The van der Waals surface area contributed by atoms with Crippen LogP contribution in [0.25, 0.3) is 0 Å². The molecule has 2 aromatic carbocycles. The zero-order chi connectivity index (χ0) is 14.2. The lowest BCUT2D eigenvalue weighted by Gasteiger charge is -2.10. The molecular formula is C17H17NO2. The highest BCUT2D eigenvalue weighted by molar-refractivity contribution is 5.42. The molecule has 0 radical (unpaired) electrons. The van der Waals surface area contributed by atoms with Crippen molar-refractivity contribution in [1.29, 1.82) is 5.26 Å². The highest BCUT2D eigenvalue weighted by Gasteiger charge is 2.01. The molecule has 0 unspecified atom stereocenters. The first-order valence-electron chi connectivity index (χ1n) is 6.67. The zero-order valence-electron chi connectivity index (χ0n) is 11.5. The average Bonchev–Trinajstić information content (AvgIpc) is 2.52. The molecule has 0 bridgehead atoms. The van der Waals surface area contributed by atoms with Crippen LogP contribution in [0.4, 0.5) is 0 Å². The van der Waals surface area contributed by atoms with Gasteiger partial charge >= 0.3 is 0 Å². The summed E-state index contributed by atoms with van der Waals surface area (Å²) in [5, 5.41) is 8.95. The van der Waals surface area contributed by atoms with E-state index in [-0.39, 0.29) is 0 Å². The molecule has 3 nitrogen and oxygen atoms in total. The third kappa shape index (κ3) is 3.76. The number of aryl methyl sites for hydroxylation is 1. The van der Waals surface area contributed by atoms with Gasteiger partial charge in [-0.2, -0.15) is 5.26 Å². The number of para-hydroxylation sites is 1. The minimum Gasteiger partial charge on any atom is -0.490 e. The van der Waals surface area contributed by atoms with Gasteiger partial charge in [-0.15, -0.1) is 0 Å². The van der Waals surface area contributed by atoms with Gasteiger partial charge in [-0.05, 0) is 36.2 Å². The van der Waals surface area contributed by atoms with Crippen molar-refractivity contribution >= 4 is 0 Å². The number of rotatable bonds is 6. The summed E-state index contributed by atoms with van der Waals surface area (Å²) >= 11 is 0. The lowest BCUT2D eigenvalue weighted by Crippen LogP contribution is -2.09. The number of benzene rings is 2. The molecule has 102 valence electrons. The molecule has 0 N–H and O–H groups in total. The van der Waals surface area contributed by atoms with Crippen LogP contribution in [0.3, 0.4) is 0 Å². The Morgan fingerprint density at radius 2 is 1.80 bits per heavy atom. The molecule has 0 atom stereocenters. The highest BCUT2D eigenvalue weighted by atomic mass is 16.5. The number of hydrogen-bond donors (Lipinski definition) is 0. The first kappa shape index (κ1) is 14.0. The van der Waals surface area contributed by atoms with Crippen molar-refractivity contribution in [2.24, 2.45) is 0 Å². The fraction of sp³-hybridized carbons (Fsp3) is 0.235. The minimum atomic E-state index is 0.412.